The van der Waals surface area contributed by atoms with Gasteiger partial charge in [0.05, 0.1) is 6.04 Å². The van der Waals surface area contributed by atoms with E-state index >= 15 is 0 Å². The summed E-state index contributed by atoms with van der Waals surface area (Å²) in [6.07, 6.45) is 5.23. The fourth-order valence-electron chi connectivity index (χ4n) is 4.14. The SMILES string of the molecule is Cn1cc(S(=O)(=O)N2CCCC2)cc1C(=O)N1CCCC1c1ccccc1. The molecule has 2 aliphatic heterocycles. The van der Waals surface area contributed by atoms with E-state index in [0.717, 1.165) is 31.2 Å². The van der Waals surface area contributed by atoms with E-state index in [1.54, 1.807) is 17.8 Å². The number of rotatable bonds is 4. The van der Waals surface area contributed by atoms with Gasteiger partial charge >= 0.3 is 0 Å². The molecule has 2 aliphatic rings. The van der Waals surface area contributed by atoms with Crippen LogP contribution in [0.15, 0.2) is 47.5 Å². The Morgan fingerprint density at radius 3 is 2.44 bits per heavy atom. The summed E-state index contributed by atoms with van der Waals surface area (Å²) in [5.74, 6) is -0.105. The third-order valence-corrected chi connectivity index (χ3v) is 7.46. The van der Waals surface area contributed by atoms with Crippen LogP contribution < -0.4 is 0 Å². The number of carbonyl (C=O) groups is 1. The van der Waals surface area contributed by atoms with Crippen molar-refractivity contribution in [2.75, 3.05) is 19.6 Å². The quantitative estimate of drug-likeness (QED) is 0.810. The summed E-state index contributed by atoms with van der Waals surface area (Å²) in [7, 11) is -1.78. The first kappa shape index (κ1) is 18.3. The van der Waals surface area contributed by atoms with E-state index in [9.17, 15) is 13.2 Å². The largest absolute Gasteiger partial charge is 0.345 e. The van der Waals surface area contributed by atoms with E-state index in [-0.39, 0.29) is 16.8 Å². The molecule has 0 N–H and O–H groups in total. The molecule has 0 saturated carbocycles. The Morgan fingerprint density at radius 1 is 1.04 bits per heavy atom. The molecule has 0 aliphatic carbocycles. The lowest BCUT2D eigenvalue weighted by molar-refractivity contribution is 0.0726. The maximum absolute atomic E-state index is 13.2. The van der Waals surface area contributed by atoms with E-state index < -0.39 is 10.0 Å². The van der Waals surface area contributed by atoms with E-state index in [0.29, 0.717) is 25.3 Å². The Labute approximate surface area is 160 Å². The van der Waals surface area contributed by atoms with Crippen molar-refractivity contribution >= 4 is 15.9 Å². The van der Waals surface area contributed by atoms with Crippen LogP contribution in [0, 0.1) is 0 Å². The standard InChI is InChI=1S/C20H25N3O3S/c1-21-15-17(27(25,26)22-11-5-6-12-22)14-19(21)20(24)23-13-7-10-18(23)16-8-3-2-4-9-16/h2-4,8-9,14-15,18H,5-7,10-13H2,1H3. The number of aromatic nitrogens is 1. The second kappa shape index (κ2) is 7.13. The average molecular weight is 388 g/mol. The molecule has 144 valence electrons. The third kappa shape index (κ3) is 3.30. The number of sulfonamides is 1. The predicted molar refractivity (Wildman–Crippen MR) is 103 cm³/mol. The molecule has 1 atom stereocenters. The Hall–Kier alpha value is -2.12. The lowest BCUT2D eigenvalue weighted by atomic mass is 10.0. The molecule has 1 aromatic heterocycles. The number of amides is 1. The number of hydrogen-bond donors (Lipinski definition) is 0. The van der Waals surface area contributed by atoms with Crippen molar-refractivity contribution in [2.45, 2.75) is 36.6 Å². The summed E-state index contributed by atoms with van der Waals surface area (Å²) in [5, 5.41) is 0. The van der Waals surface area contributed by atoms with Crippen LogP contribution in [0.25, 0.3) is 0 Å². The average Bonchev–Trinajstić information content (AvgIpc) is 3.42. The van der Waals surface area contributed by atoms with Gasteiger partial charge in [-0.2, -0.15) is 4.31 Å². The van der Waals surface area contributed by atoms with E-state index in [2.05, 4.69) is 0 Å². The minimum atomic E-state index is -3.52. The highest BCUT2D eigenvalue weighted by atomic mass is 32.2. The first-order valence-corrected chi connectivity index (χ1v) is 10.9. The van der Waals surface area contributed by atoms with Gasteiger partial charge in [-0.25, -0.2) is 8.42 Å². The molecule has 4 rings (SSSR count). The minimum Gasteiger partial charge on any atom is -0.345 e. The smallest absolute Gasteiger partial charge is 0.271 e. The Kier molecular flexibility index (Phi) is 4.82. The van der Waals surface area contributed by atoms with Gasteiger partial charge in [0.15, 0.2) is 0 Å². The molecule has 1 aromatic carbocycles. The second-order valence-electron chi connectivity index (χ2n) is 7.35. The number of carbonyl (C=O) groups excluding carboxylic acids is 1. The normalized spacial score (nSPS) is 21.1. The van der Waals surface area contributed by atoms with Gasteiger partial charge in [-0.1, -0.05) is 30.3 Å². The molecule has 7 heteroatoms. The number of benzene rings is 1. The monoisotopic (exact) mass is 387 g/mol. The molecule has 6 nitrogen and oxygen atoms in total. The summed E-state index contributed by atoms with van der Waals surface area (Å²) < 4.78 is 28.8. The molecule has 27 heavy (non-hydrogen) atoms. The molecule has 1 amide bonds. The summed E-state index contributed by atoms with van der Waals surface area (Å²) in [6, 6.07) is 11.6. The molecule has 3 heterocycles. The maximum Gasteiger partial charge on any atom is 0.271 e. The van der Waals surface area contributed by atoms with Crippen LogP contribution in [-0.4, -0.2) is 47.7 Å². The summed E-state index contributed by atoms with van der Waals surface area (Å²) in [4.78, 5) is 15.3. The van der Waals surface area contributed by atoms with Crippen molar-refractivity contribution in [3.8, 4) is 0 Å². The van der Waals surface area contributed by atoms with Crippen molar-refractivity contribution in [2.24, 2.45) is 7.05 Å². The second-order valence-corrected chi connectivity index (χ2v) is 9.29. The van der Waals surface area contributed by atoms with E-state index in [1.807, 2.05) is 35.2 Å². The van der Waals surface area contributed by atoms with E-state index in [4.69, 9.17) is 0 Å². The molecule has 0 spiro atoms. The topological polar surface area (TPSA) is 62.6 Å². The molecular formula is C20H25N3O3S. The zero-order chi connectivity index (χ0) is 19.0. The first-order chi connectivity index (χ1) is 13.0. The summed E-state index contributed by atoms with van der Waals surface area (Å²) in [6.45, 7) is 1.81. The summed E-state index contributed by atoms with van der Waals surface area (Å²) in [5.41, 5.74) is 1.55. The van der Waals surface area contributed by atoms with E-state index in [1.165, 1.54) is 10.4 Å². The zero-order valence-electron chi connectivity index (χ0n) is 15.5. The van der Waals surface area contributed by atoms with Crippen molar-refractivity contribution in [3.63, 3.8) is 0 Å². The molecule has 2 fully saturated rings. The molecule has 0 radical (unpaired) electrons. The van der Waals surface area contributed by atoms with Gasteiger partial charge in [-0.15, -0.1) is 0 Å². The van der Waals surface area contributed by atoms with Gasteiger partial charge in [-0.3, -0.25) is 4.79 Å². The molecule has 2 aromatic rings. The zero-order valence-corrected chi connectivity index (χ0v) is 16.4. The number of likely N-dealkylation sites (tertiary alicyclic amines) is 1. The van der Waals surface area contributed by atoms with Crippen molar-refractivity contribution in [1.82, 2.24) is 13.8 Å². The number of aryl methyl sites for hydroxylation is 1. The third-order valence-electron chi connectivity index (χ3n) is 5.60. The van der Waals surface area contributed by atoms with Crippen LogP contribution in [0.3, 0.4) is 0 Å². The van der Waals surface area contributed by atoms with Crippen LogP contribution in [-0.2, 0) is 17.1 Å². The van der Waals surface area contributed by atoms with Gasteiger partial charge in [0, 0.05) is 32.9 Å². The van der Waals surface area contributed by atoms with Gasteiger partial charge in [0.2, 0.25) is 10.0 Å². The van der Waals surface area contributed by atoms with Crippen molar-refractivity contribution in [1.29, 1.82) is 0 Å². The maximum atomic E-state index is 13.2. The van der Waals surface area contributed by atoms with Crippen LogP contribution >= 0.6 is 0 Å². The summed E-state index contributed by atoms with van der Waals surface area (Å²) >= 11 is 0. The number of nitrogens with zero attached hydrogens (tertiary/aromatic N) is 3. The van der Waals surface area contributed by atoms with Gasteiger partial charge in [0.25, 0.3) is 5.91 Å². The predicted octanol–water partition coefficient (Wildman–Crippen LogP) is 2.79. The Morgan fingerprint density at radius 2 is 1.74 bits per heavy atom. The van der Waals surface area contributed by atoms with Gasteiger partial charge < -0.3 is 9.47 Å². The van der Waals surface area contributed by atoms with Gasteiger partial charge in [0.1, 0.15) is 10.6 Å². The van der Waals surface area contributed by atoms with Crippen molar-refractivity contribution < 1.29 is 13.2 Å². The highest BCUT2D eigenvalue weighted by molar-refractivity contribution is 7.89. The molecule has 1 unspecified atom stereocenters. The van der Waals surface area contributed by atoms with Crippen molar-refractivity contribution in [3.05, 3.63) is 53.9 Å². The molecule has 2 saturated heterocycles. The van der Waals surface area contributed by atoms with Crippen LogP contribution in [0.1, 0.15) is 47.8 Å². The lowest BCUT2D eigenvalue weighted by Crippen LogP contribution is -2.31. The van der Waals surface area contributed by atoms with Crippen LogP contribution in [0.4, 0.5) is 0 Å². The highest BCUT2D eigenvalue weighted by Gasteiger charge is 2.34. The molecular weight excluding hydrogens is 362 g/mol. The molecule has 0 bridgehead atoms. The van der Waals surface area contributed by atoms with Crippen LogP contribution in [0.5, 0.6) is 0 Å². The van der Waals surface area contributed by atoms with Gasteiger partial charge in [-0.05, 0) is 37.3 Å². The minimum absolute atomic E-state index is 0.0484. The number of hydrogen-bond acceptors (Lipinski definition) is 3. The Balaban J connectivity index is 1.62. The fourth-order valence-corrected chi connectivity index (χ4v) is 5.73. The Bertz CT molecular complexity index is 931. The lowest BCUT2D eigenvalue weighted by Gasteiger charge is -2.25. The van der Waals surface area contributed by atoms with Crippen LogP contribution in [0.2, 0.25) is 0 Å². The fraction of sp³-hybridized carbons (Fsp3) is 0.450. The highest BCUT2D eigenvalue weighted by Crippen LogP contribution is 2.33. The first-order valence-electron chi connectivity index (χ1n) is 9.51.